The van der Waals surface area contributed by atoms with Gasteiger partial charge in [-0.15, -0.1) is 0 Å². The number of anilines is 1. The van der Waals surface area contributed by atoms with E-state index in [1.165, 1.54) is 46.0 Å². The molecule has 2 aromatic carbocycles. The van der Waals surface area contributed by atoms with Crippen molar-refractivity contribution >= 4 is 42.6 Å². The van der Waals surface area contributed by atoms with Crippen LogP contribution in [0.5, 0.6) is 0 Å². The van der Waals surface area contributed by atoms with Crippen molar-refractivity contribution in [3.8, 4) is 0 Å². The number of amides is 1. The van der Waals surface area contributed by atoms with E-state index in [2.05, 4.69) is 10.3 Å². The number of nitrogens with zero attached hydrogens (tertiary/aromatic N) is 2. The molecule has 0 saturated carbocycles. The maximum atomic E-state index is 13.7. The van der Waals surface area contributed by atoms with Crippen LogP contribution in [0.25, 0.3) is 10.2 Å². The number of hydrogen-bond donors (Lipinski definition) is 1. The molecule has 0 atom stereocenters. The van der Waals surface area contributed by atoms with E-state index in [1.807, 2.05) is 0 Å². The maximum absolute atomic E-state index is 13.7. The third kappa shape index (κ3) is 3.45. The van der Waals surface area contributed by atoms with E-state index in [0.717, 1.165) is 12.8 Å². The Hall–Kier alpha value is -2.36. The van der Waals surface area contributed by atoms with E-state index in [1.54, 1.807) is 12.1 Å². The quantitative estimate of drug-likeness (QED) is 0.721. The van der Waals surface area contributed by atoms with Gasteiger partial charge in [0.25, 0.3) is 5.91 Å². The Balaban J connectivity index is 1.53. The van der Waals surface area contributed by atoms with Crippen molar-refractivity contribution < 1.29 is 17.6 Å². The van der Waals surface area contributed by atoms with Crippen molar-refractivity contribution in [2.45, 2.75) is 17.7 Å². The molecule has 0 unspecified atom stereocenters. The second-order valence-corrected chi connectivity index (χ2v) is 9.16. The average molecular weight is 405 g/mol. The van der Waals surface area contributed by atoms with Crippen LogP contribution in [0.3, 0.4) is 0 Å². The van der Waals surface area contributed by atoms with Crippen LogP contribution in [0.4, 0.5) is 9.52 Å². The number of fused-ring (bicyclic) bond motifs is 1. The summed E-state index contributed by atoms with van der Waals surface area (Å²) in [4.78, 5) is 16.7. The van der Waals surface area contributed by atoms with Gasteiger partial charge in [-0.2, -0.15) is 4.31 Å². The molecule has 0 bridgehead atoms. The highest BCUT2D eigenvalue weighted by Gasteiger charge is 2.27. The van der Waals surface area contributed by atoms with Crippen LogP contribution < -0.4 is 5.32 Å². The van der Waals surface area contributed by atoms with Gasteiger partial charge in [-0.05, 0) is 49.2 Å². The monoisotopic (exact) mass is 405 g/mol. The summed E-state index contributed by atoms with van der Waals surface area (Å²) in [5, 5.41) is 2.92. The van der Waals surface area contributed by atoms with Gasteiger partial charge in [0.2, 0.25) is 10.0 Å². The number of para-hydroxylation sites is 1. The number of rotatable bonds is 4. The van der Waals surface area contributed by atoms with Gasteiger partial charge in [0.1, 0.15) is 11.3 Å². The van der Waals surface area contributed by atoms with Crippen LogP contribution in [0, 0.1) is 5.82 Å². The van der Waals surface area contributed by atoms with Crippen molar-refractivity contribution in [1.82, 2.24) is 9.29 Å². The fourth-order valence-electron chi connectivity index (χ4n) is 2.99. The Morgan fingerprint density at radius 2 is 1.81 bits per heavy atom. The van der Waals surface area contributed by atoms with Crippen LogP contribution in [-0.4, -0.2) is 36.7 Å². The van der Waals surface area contributed by atoms with Crippen LogP contribution in [0.2, 0.25) is 0 Å². The molecule has 4 rings (SSSR count). The number of benzene rings is 2. The van der Waals surface area contributed by atoms with E-state index in [4.69, 9.17) is 0 Å². The van der Waals surface area contributed by atoms with Gasteiger partial charge in [0.15, 0.2) is 5.13 Å². The minimum absolute atomic E-state index is 0.169. The molecule has 1 aliphatic heterocycles. The van der Waals surface area contributed by atoms with Crippen molar-refractivity contribution in [3.63, 3.8) is 0 Å². The lowest BCUT2D eigenvalue weighted by Crippen LogP contribution is -2.27. The molecule has 3 aromatic rings. The number of sulfonamides is 1. The molecule has 1 aromatic heterocycles. The molecule has 140 valence electrons. The first-order valence-corrected chi connectivity index (χ1v) is 10.7. The smallest absolute Gasteiger partial charge is 0.257 e. The van der Waals surface area contributed by atoms with Gasteiger partial charge < -0.3 is 0 Å². The molecule has 27 heavy (non-hydrogen) atoms. The highest BCUT2D eigenvalue weighted by Crippen LogP contribution is 2.28. The lowest BCUT2D eigenvalue weighted by molar-refractivity contribution is 0.102. The summed E-state index contributed by atoms with van der Waals surface area (Å²) in [6, 6.07) is 10.4. The molecular formula is C18H16FN3O3S2. The van der Waals surface area contributed by atoms with Crippen LogP contribution in [0.1, 0.15) is 23.2 Å². The highest BCUT2D eigenvalue weighted by atomic mass is 32.2. The first-order chi connectivity index (χ1) is 12.9. The first kappa shape index (κ1) is 18.0. The number of hydrogen-bond acceptors (Lipinski definition) is 5. The summed E-state index contributed by atoms with van der Waals surface area (Å²) in [6.07, 6.45) is 1.73. The van der Waals surface area contributed by atoms with Gasteiger partial charge in [-0.3, -0.25) is 10.1 Å². The van der Waals surface area contributed by atoms with E-state index >= 15 is 0 Å². The predicted molar refractivity (Wildman–Crippen MR) is 102 cm³/mol. The Morgan fingerprint density at radius 1 is 1.11 bits per heavy atom. The molecule has 1 fully saturated rings. The minimum Gasteiger partial charge on any atom is -0.298 e. The molecule has 1 N–H and O–H groups in total. The number of carbonyl (C=O) groups excluding carboxylic acids is 1. The van der Waals surface area contributed by atoms with Gasteiger partial charge in [-0.1, -0.05) is 17.4 Å². The third-order valence-electron chi connectivity index (χ3n) is 4.41. The lowest BCUT2D eigenvalue weighted by Gasteiger charge is -2.15. The SMILES string of the molecule is O=C(Nc1nc2c(F)cccc2s1)c1ccc(S(=O)(=O)N2CCCC2)cc1. The summed E-state index contributed by atoms with van der Waals surface area (Å²) in [5.41, 5.74) is 0.514. The second kappa shape index (κ2) is 6.99. The Labute approximate surface area is 159 Å². The lowest BCUT2D eigenvalue weighted by atomic mass is 10.2. The third-order valence-corrected chi connectivity index (χ3v) is 7.26. The van der Waals surface area contributed by atoms with Gasteiger partial charge in [0.05, 0.1) is 9.60 Å². The Kier molecular flexibility index (Phi) is 4.67. The summed E-state index contributed by atoms with van der Waals surface area (Å²) in [5.74, 6) is -0.875. The topological polar surface area (TPSA) is 79.4 Å². The zero-order chi connectivity index (χ0) is 19.0. The zero-order valence-corrected chi connectivity index (χ0v) is 15.8. The Morgan fingerprint density at radius 3 is 2.48 bits per heavy atom. The number of thiazole rings is 1. The van der Waals surface area contributed by atoms with Gasteiger partial charge in [-0.25, -0.2) is 17.8 Å². The summed E-state index contributed by atoms with van der Waals surface area (Å²) in [6.45, 7) is 1.05. The molecule has 1 aliphatic rings. The fraction of sp³-hybridized carbons (Fsp3) is 0.222. The highest BCUT2D eigenvalue weighted by molar-refractivity contribution is 7.89. The van der Waals surface area contributed by atoms with Crippen molar-refractivity contribution in [3.05, 3.63) is 53.8 Å². The molecular weight excluding hydrogens is 389 g/mol. The second-order valence-electron chi connectivity index (χ2n) is 6.20. The van der Waals surface area contributed by atoms with Gasteiger partial charge >= 0.3 is 0 Å². The molecule has 6 nitrogen and oxygen atoms in total. The number of aromatic nitrogens is 1. The van der Waals surface area contributed by atoms with E-state index in [-0.39, 0.29) is 15.5 Å². The summed E-state index contributed by atoms with van der Waals surface area (Å²) < 4.78 is 40.8. The van der Waals surface area contributed by atoms with E-state index < -0.39 is 21.7 Å². The molecule has 9 heteroatoms. The van der Waals surface area contributed by atoms with Crippen LogP contribution in [-0.2, 0) is 10.0 Å². The first-order valence-electron chi connectivity index (χ1n) is 8.42. The van der Waals surface area contributed by atoms with Crippen molar-refractivity contribution in [1.29, 1.82) is 0 Å². The molecule has 2 heterocycles. The molecule has 0 spiro atoms. The van der Waals surface area contributed by atoms with Crippen LogP contribution >= 0.6 is 11.3 Å². The maximum Gasteiger partial charge on any atom is 0.257 e. The fourth-order valence-corrected chi connectivity index (χ4v) is 5.39. The summed E-state index contributed by atoms with van der Waals surface area (Å²) >= 11 is 1.17. The van der Waals surface area contributed by atoms with Crippen LogP contribution in [0.15, 0.2) is 47.4 Å². The predicted octanol–water partition coefficient (Wildman–Crippen LogP) is 3.47. The zero-order valence-electron chi connectivity index (χ0n) is 14.2. The number of nitrogens with one attached hydrogen (secondary N) is 1. The van der Waals surface area contributed by atoms with Gasteiger partial charge in [0, 0.05) is 18.7 Å². The molecule has 0 radical (unpaired) electrons. The van der Waals surface area contributed by atoms with Crippen molar-refractivity contribution in [2.24, 2.45) is 0 Å². The van der Waals surface area contributed by atoms with Crippen molar-refractivity contribution in [2.75, 3.05) is 18.4 Å². The molecule has 0 aliphatic carbocycles. The minimum atomic E-state index is -3.51. The average Bonchev–Trinajstić information content (AvgIpc) is 3.32. The van der Waals surface area contributed by atoms with E-state index in [9.17, 15) is 17.6 Å². The normalized spacial score (nSPS) is 15.3. The molecule has 1 amide bonds. The summed E-state index contributed by atoms with van der Waals surface area (Å²) in [7, 11) is -3.51. The number of halogens is 1. The Bertz CT molecular complexity index is 1100. The molecule has 1 saturated heterocycles. The van der Waals surface area contributed by atoms with E-state index in [0.29, 0.717) is 23.4 Å². The standard InChI is InChI=1S/C18H16FN3O3S2/c19-14-4-3-5-15-16(14)20-18(26-15)21-17(23)12-6-8-13(9-7-12)27(24,25)22-10-1-2-11-22/h3-9H,1-2,10-11H2,(H,20,21,23). The number of carbonyl (C=O) groups is 1. The largest absolute Gasteiger partial charge is 0.298 e.